The van der Waals surface area contributed by atoms with Gasteiger partial charge in [0, 0.05) is 31.2 Å². The molecule has 28 heavy (non-hydrogen) atoms. The maximum atomic E-state index is 12.5. The number of anilines is 1. The Bertz CT molecular complexity index is 731. The third-order valence-corrected chi connectivity index (χ3v) is 6.11. The van der Waals surface area contributed by atoms with Crippen molar-refractivity contribution in [1.82, 2.24) is 10.2 Å². The number of carbonyl (C=O) groups is 1. The number of aliphatic hydroxyl groups is 1. The summed E-state index contributed by atoms with van der Waals surface area (Å²) in [5, 5.41) is 27.2. The van der Waals surface area contributed by atoms with Crippen LogP contribution in [0.15, 0.2) is 12.1 Å². The van der Waals surface area contributed by atoms with Crippen molar-refractivity contribution < 1.29 is 14.8 Å². The molecule has 3 rings (SSSR count). The van der Waals surface area contributed by atoms with Crippen LogP contribution in [0.2, 0.25) is 0 Å². The highest BCUT2D eigenvalue weighted by Gasteiger charge is 2.31. The summed E-state index contributed by atoms with van der Waals surface area (Å²) in [5.41, 5.74) is 1.75. The lowest BCUT2D eigenvalue weighted by Gasteiger charge is -2.41. The van der Waals surface area contributed by atoms with Gasteiger partial charge in [0.25, 0.3) is 5.69 Å². The number of benzene rings is 1. The summed E-state index contributed by atoms with van der Waals surface area (Å²) in [4.78, 5) is 25.5. The number of hydrogen-bond acceptors (Lipinski definition) is 5. The first-order valence-corrected chi connectivity index (χ1v) is 10.1. The van der Waals surface area contributed by atoms with E-state index < -0.39 is 4.92 Å². The number of rotatable bonds is 4. The summed E-state index contributed by atoms with van der Waals surface area (Å²) in [6.45, 7) is 5.19. The number of piperidine rings is 1. The summed E-state index contributed by atoms with van der Waals surface area (Å²) in [6.07, 6.45) is 5.64. The highest BCUT2D eigenvalue weighted by Crippen LogP contribution is 2.29. The Kier molecular flexibility index (Phi) is 6.51. The topological polar surface area (TPSA) is 108 Å². The van der Waals surface area contributed by atoms with E-state index in [1.807, 2.05) is 6.92 Å². The quantitative estimate of drug-likeness (QED) is 0.541. The average Bonchev–Trinajstić information content (AvgIpc) is 2.66. The average molecular weight is 390 g/mol. The largest absolute Gasteiger partial charge is 0.391 e. The summed E-state index contributed by atoms with van der Waals surface area (Å²) in [7, 11) is 0. The molecule has 2 fully saturated rings. The molecule has 0 bridgehead atoms. The van der Waals surface area contributed by atoms with Gasteiger partial charge in [-0.2, -0.15) is 0 Å². The molecular weight excluding hydrogens is 360 g/mol. The van der Waals surface area contributed by atoms with Crippen LogP contribution in [0.5, 0.6) is 0 Å². The Balaban J connectivity index is 1.54. The zero-order chi connectivity index (χ0) is 20.3. The number of nitro groups is 1. The van der Waals surface area contributed by atoms with E-state index in [0.717, 1.165) is 50.8 Å². The van der Waals surface area contributed by atoms with Crippen molar-refractivity contribution in [3.63, 3.8) is 0 Å². The van der Waals surface area contributed by atoms with E-state index >= 15 is 0 Å². The van der Waals surface area contributed by atoms with Gasteiger partial charge in [0.1, 0.15) is 0 Å². The zero-order valence-corrected chi connectivity index (χ0v) is 16.6. The lowest BCUT2D eigenvalue weighted by atomic mass is 9.89. The second kappa shape index (κ2) is 8.87. The van der Waals surface area contributed by atoms with Crippen LogP contribution >= 0.6 is 0 Å². The van der Waals surface area contributed by atoms with Crippen LogP contribution in [0.4, 0.5) is 16.2 Å². The van der Waals surface area contributed by atoms with Crippen LogP contribution in [0.1, 0.15) is 49.7 Å². The molecule has 2 aliphatic rings. The van der Waals surface area contributed by atoms with E-state index in [1.54, 1.807) is 13.0 Å². The number of nitrogens with one attached hydrogen (secondary N) is 2. The van der Waals surface area contributed by atoms with Gasteiger partial charge in [0.05, 0.1) is 22.3 Å². The fourth-order valence-electron chi connectivity index (χ4n) is 4.45. The molecule has 0 radical (unpaired) electrons. The predicted octanol–water partition coefficient (Wildman–Crippen LogP) is 3.10. The molecule has 2 unspecified atom stereocenters. The minimum absolute atomic E-state index is 0.000229. The molecule has 8 nitrogen and oxygen atoms in total. The molecule has 1 aromatic carbocycles. The first kappa shape index (κ1) is 20.5. The summed E-state index contributed by atoms with van der Waals surface area (Å²) in [5.74, 6) is 0. The smallest absolute Gasteiger partial charge is 0.319 e. The number of aliphatic hydroxyl groups excluding tert-OH is 1. The minimum Gasteiger partial charge on any atom is -0.391 e. The number of aryl methyl sites for hydroxylation is 1. The zero-order valence-electron chi connectivity index (χ0n) is 16.6. The molecule has 0 spiro atoms. The van der Waals surface area contributed by atoms with Crippen molar-refractivity contribution in [3.05, 3.63) is 33.4 Å². The monoisotopic (exact) mass is 390 g/mol. The third kappa shape index (κ3) is 4.62. The molecule has 1 aliphatic heterocycles. The van der Waals surface area contributed by atoms with Gasteiger partial charge in [-0.15, -0.1) is 0 Å². The third-order valence-electron chi connectivity index (χ3n) is 6.11. The lowest BCUT2D eigenvalue weighted by molar-refractivity contribution is -0.385. The van der Waals surface area contributed by atoms with Gasteiger partial charge in [-0.3, -0.25) is 15.0 Å². The van der Waals surface area contributed by atoms with Crippen LogP contribution in [0, 0.1) is 24.0 Å². The first-order valence-electron chi connectivity index (χ1n) is 10.1. The van der Waals surface area contributed by atoms with E-state index in [2.05, 4.69) is 15.5 Å². The van der Waals surface area contributed by atoms with Gasteiger partial charge < -0.3 is 15.7 Å². The van der Waals surface area contributed by atoms with Gasteiger partial charge in [-0.1, -0.05) is 18.9 Å². The van der Waals surface area contributed by atoms with Crippen LogP contribution in [0.3, 0.4) is 0 Å². The maximum Gasteiger partial charge on any atom is 0.319 e. The molecular formula is C20H30N4O4. The van der Waals surface area contributed by atoms with Crippen molar-refractivity contribution in [1.29, 1.82) is 0 Å². The molecule has 154 valence electrons. The molecule has 1 saturated heterocycles. The molecule has 3 N–H and O–H groups in total. The number of amides is 2. The Morgan fingerprint density at radius 3 is 2.50 bits per heavy atom. The highest BCUT2D eigenvalue weighted by atomic mass is 16.6. The Labute approximate surface area is 165 Å². The van der Waals surface area contributed by atoms with Gasteiger partial charge in [0.2, 0.25) is 0 Å². The fraction of sp³-hybridized carbons (Fsp3) is 0.650. The SMILES string of the molecule is Cc1ccc([N+](=O)[O-])c(C)c1NC(=O)NC1CCN(C2CCCCC2O)CC1. The maximum absolute atomic E-state index is 12.5. The molecule has 1 aromatic rings. The first-order chi connectivity index (χ1) is 13.4. The van der Waals surface area contributed by atoms with E-state index in [9.17, 15) is 20.0 Å². The van der Waals surface area contributed by atoms with Gasteiger partial charge in [-0.25, -0.2) is 4.79 Å². The van der Waals surface area contributed by atoms with Crippen molar-refractivity contribution in [2.75, 3.05) is 18.4 Å². The molecule has 1 aliphatic carbocycles. The second-order valence-electron chi connectivity index (χ2n) is 7.99. The predicted molar refractivity (Wildman–Crippen MR) is 108 cm³/mol. The van der Waals surface area contributed by atoms with Gasteiger partial charge in [-0.05, 0) is 45.1 Å². The molecule has 2 atom stereocenters. The lowest BCUT2D eigenvalue weighted by Crippen LogP contribution is -2.52. The van der Waals surface area contributed by atoms with Crippen molar-refractivity contribution >= 4 is 17.4 Å². The number of carbonyl (C=O) groups excluding carboxylic acids is 1. The van der Waals surface area contributed by atoms with Crippen LogP contribution in [0.25, 0.3) is 0 Å². The molecule has 8 heteroatoms. The summed E-state index contributed by atoms with van der Waals surface area (Å²) >= 11 is 0. The number of likely N-dealkylation sites (tertiary alicyclic amines) is 1. The number of hydrogen-bond donors (Lipinski definition) is 3. The van der Waals surface area contributed by atoms with E-state index in [0.29, 0.717) is 11.3 Å². The fourth-order valence-corrected chi connectivity index (χ4v) is 4.45. The molecule has 1 saturated carbocycles. The van der Waals surface area contributed by atoms with Crippen molar-refractivity contribution in [2.24, 2.45) is 0 Å². The Morgan fingerprint density at radius 1 is 1.18 bits per heavy atom. The van der Waals surface area contributed by atoms with E-state index in [1.165, 1.54) is 12.5 Å². The van der Waals surface area contributed by atoms with Gasteiger partial charge in [0.15, 0.2) is 0 Å². The molecule has 1 heterocycles. The summed E-state index contributed by atoms with van der Waals surface area (Å²) < 4.78 is 0. The normalized spacial score (nSPS) is 24.0. The number of urea groups is 1. The van der Waals surface area contributed by atoms with Crippen molar-refractivity contribution in [3.8, 4) is 0 Å². The molecule has 0 aromatic heterocycles. The minimum atomic E-state index is -0.437. The van der Waals surface area contributed by atoms with E-state index in [4.69, 9.17) is 0 Å². The standard InChI is InChI=1S/C20H30N4O4/c1-13-7-8-16(24(27)28)14(2)19(13)22-20(26)21-15-9-11-23(12-10-15)17-5-3-4-6-18(17)25/h7-8,15,17-18,25H,3-6,9-12H2,1-2H3,(H2,21,22,26). The second-order valence-corrected chi connectivity index (χ2v) is 7.99. The Morgan fingerprint density at radius 2 is 1.86 bits per heavy atom. The summed E-state index contributed by atoms with van der Waals surface area (Å²) in [6, 6.07) is 3.09. The van der Waals surface area contributed by atoms with Gasteiger partial charge >= 0.3 is 6.03 Å². The van der Waals surface area contributed by atoms with Crippen LogP contribution in [-0.4, -0.2) is 52.2 Å². The number of nitro benzene ring substituents is 1. The van der Waals surface area contributed by atoms with Crippen LogP contribution < -0.4 is 10.6 Å². The number of nitrogens with zero attached hydrogens (tertiary/aromatic N) is 2. The highest BCUT2D eigenvalue weighted by molar-refractivity contribution is 5.92. The van der Waals surface area contributed by atoms with E-state index in [-0.39, 0.29) is 29.9 Å². The molecule has 2 amide bonds. The van der Waals surface area contributed by atoms with Crippen LogP contribution in [-0.2, 0) is 0 Å². The van der Waals surface area contributed by atoms with Crippen molar-refractivity contribution in [2.45, 2.75) is 70.6 Å². The Hall–Kier alpha value is -2.19.